The Labute approximate surface area is 165 Å². The predicted octanol–water partition coefficient (Wildman–Crippen LogP) is 4.97. The van der Waals surface area contributed by atoms with E-state index in [0.29, 0.717) is 5.82 Å². The lowest BCUT2D eigenvalue weighted by Gasteiger charge is -2.13. The van der Waals surface area contributed by atoms with E-state index in [1.54, 1.807) is 6.20 Å². The van der Waals surface area contributed by atoms with Gasteiger partial charge in [-0.1, -0.05) is 12.1 Å². The average Bonchev–Trinajstić information content (AvgIpc) is 3.35. The Morgan fingerprint density at radius 3 is 2.82 bits per heavy atom. The topological polar surface area (TPSA) is 56.5 Å². The van der Waals surface area contributed by atoms with E-state index in [9.17, 15) is 0 Å². The van der Waals surface area contributed by atoms with Crippen molar-refractivity contribution in [1.29, 1.82) is 0 Å². The molecule has 0 spiro atoms. The van der Waals surface area contributed by atoms with Crippen molar-refractivity contribution in [3.8, 4) is 17.2 Å². The summed E-state index contributed by atoms with van der Waals surface area (Å²) in [7, 11) is 0. The van der Waals surface area contributed by atoms with Gasteiger partial charge in [-0.15, -0.1) is 11.3 Å². The zero-order chi connectivity index (χ0) is 18.5. The quantitative estimate of drug-likeness (QED) is 0.432. The van der Waals surface area contributed by atoms with Gasteiger partial charge in [0.2, 0.25) is 0 Å². The number of nitrogens with zero attached hydrogens (tertiary/aromatic N) is 5. The summed E-state index contributed by atoms with van der Waals surface area (Å²) < 4.78 is 2.11. The van der Waals surface area contributed by atoms with E-state index >= 15 is 0 Å². The van der Waals surface area contributed by atoms with Crippen LogP contribution in [0.4, 0.5) is 0 Å². The molecule has 28 heavy (non-hydrogen) atoms. The van der Waals surface area contributed by atoms with Gasteiger partial charge in [-0.3, -0.25) is 9.55 Å². The molecule has 0 saturated heterocycles. The molecule has 6 heteroatoms. The smallest absolute Gasteiger partial charge is 0.164 e. The zero-order valence-electron chi connectivity index (χ0n) is 15.2. The van der Waals surface area contributed by atoms with Gasteiger partial charge in [0, 0.05) is 22.8 Å². The van der Waals surface area contributed by atoms with Crippen molar-refractivity contribution in [3.63, 3.8) is 0 Å². The lowest BCUT2D eigenvalue weighted by Crippen LogP contribution is -2.04. The van der Waals surface area contributed by atoms with E-state index in [0.717, 1.165) is 40.1 Å². The van der Waals surface area contributed by atoms with Crippen LogP contribution >= 0.6 is 11.3 Å². The van der Waals surface area contributed by atoms with Gasteiger partial charge in [0.05, 0.1) is 16.4 Å². The fourth-order valence-corrected chi connectivity index (χ4v) is 5.32. The molecule has 0 aliphatic heterocycles. The van der Waals surface area contributed by atoms with E-state index in [1.165, 1.54) is 28.7 Å². The maximum atomic E-state index is 5.02. The molecular weight excluding hydrogens is 366 g/mol. The van der Waals surface area contributed by atoms with E-state index in [1.807, 2.05) is 54.2 Å². The first-order chi connectivity index (χ1) is 13.9. The number of hydrogen-bond donors (Lipinski definition) is 0. The summed E-state index contributed by atoms with van der Waals surface area (Å²) in [6, 6.07) is 12.1. The van der Waals surface area contributed by atoms with E-state index in [4.69, 9.17) is 9.97 Å². The summed E-state index contributed by atoms with van der Waals surface area (Å²) >= 11 is 1.82. The van der Waals surface area contributed by atoms with E-state index in [2.05, 4.69) is 20.6 Å². The molecular formula is C22H17N5S. The highest BCUT2D eigenvalue weighted by atomic mass is 32.1. The van der Waals surface area contributed by atoms with Crippen LogP contribution in [0.2, 0.25) is 0 Å². The van der Waals surface area contributed by atoms with Gasteiger partial charge in [-0.2, -0.15) is 0 Å². The Bertz CT molecular complexity index is 1320. The summed E-state index contributed by atoms with van der Waals surface area (Å²) in [6.07, 6.45) is 10.2. The fourth-order valence-electron chi connectivity index (χ4n) is 4.06. The van der Waals surface area contributed by atoms with E-state index in [-0.39, 0.29) is 0 Å². The molecule has 0 atom stereocenters. The fraction of sp³-hybridized carbons (Fsp3) is 0.182. The number of hydrogen-bond acceptors (Lipinski definition) is 5. The largest absolute Gasteiger partial charge is 0.282 e. The van der Waals surface area contributed by atoms with Gasteiger partial charge >= 0.3 is 0 Å². The number of rotatable bonds is 2. The SMILES string of the molecule is c1cncc(-c2nc(-n3cnc4ccccc43)c3c4c(sc3n2)CCCC4)c1. The molecule has 4 heterocycles. The minimum absolute atomic E-state index is 0.715. The van der Waals surface area contributed by atoms with Crippen LogP contribution in [0.5, 0.6) is 0 Å². The molecule has 1 aromatic carbocycles. The molecule has 1 aliphatic carbocycles. The number of benzene rings is 1. The van der Waals surface area contributed by atoms with Gasteiger partial charge in [0.15, 0.2) is 11.6 Å². The zero-order valence-corrected chi connectivity index (χ0v) is 16.0. The molecule has 4 aromatic heterocycles. The summed E-state index contributed by atoms with van der Waals surface area (Å²) in [5.41, 5.74) is 4.40. The molecule has 0 amide bonds. The third-order valence-corrected chi connectivity index (χ3v) is 6.58. The molecule has 0 radical (unpaired) electrons. The molecule has 0 bridgehead atoms. The van der Waals surface area contributed by atoms with Crippen LogP contribution in [-0.2, 0) is 12.8 Å². The van der Waals surface area contributed by atoms with Crippen molar-refractivity contribution < 1.29 is 0 Å². The molecule has 5 nitrogen and oxygen atoms in total. The summed E-state index contributed by atoms with van der Waals surface area (Å²) in [6.45, 7) is 0. The molecule has 0 fully saturated rings. The Morgan fingerprint density at radius 2 is 1.89 bits per heavy atom. The number of imidazole rings is 1. The third kappa shape index (κ3) is 2.38. The van der Waals surface area contributed by atoms with Crippen molar-refractivity contribution in [3.05, 3.63) is 65.6 Å². The predicted molar refractivity (Wildman–Crippen MR) is 112 cm³/mol. The van der Waals surface area contributed by atoms with Gasteiger partial charge < -0.3 is 0 Å². The van der Waals surface area contributed by atoms with Crippen molar-refractivity contribution in [1.82, 2.24) is 24.5 Å². The van der Waals surface area contributed by atoms with Gasteiger partial charge in [-0.05, 0) is 55.5 Å². The molecule has 6 rings (SSSR count). The number of thiophene rings is 1. The second-order valence-corrected chi connectivity index (χ2v) is 8.19. The van der Waals surface area contributed by atoms with Gasteiger partial charge in [0.1, 0.15) is 11.2 Å². The first-order valence-corrected chi connectivity index (χ1v) is 10.4. The van der Waals surface area contributed by atoms with Crippen LogP contribution in [0.25, 0.3) is 38.5 Å². The molecule has 0 unspecified atom stereocenters. The highest BCUT2D eigenvalue weighted by Crippen LogP contribution is 2.39. The number of aryl methyl sites for hydroxylation is 2. The van der Waals surface area contributed by atoms with E-state index < -0.39 is 0 Å². The molecule has 136 valence electrons. The lowest BCUT2D eigenvalue weighted by molar-refractivity contribution is 0.700. The molecule has 5 aromatic rings. The molecule has 0 N–H and O–H groups in total. The van der Waals surface area contributed by atoms with Crippen molar-refractivity contribution in [2.75, 3.05) is 0 Å². The van der Waals surface area contributed by atoms with Crippen LogP contribution in [0.1, 0.15) is 23.3 Å². The third-order valence-electron chi connectivity index (χ3n) is 5.40. The maximum absolute atomic E-state index is 5.02. The number of aromatic nitrogens is 5. The van der Waals surface area contributed by atoms with Crippen molar-refractivity contribution in [2.45, 2.75) is 25.7 Å². The normalized spacial score (nSPS) is 13.9. The minimum atomic E-state index is 0.715. The minimum Gasteiger partial charge on any atom is -0.282 e. The molecule has 1 aliphatic rings. The second-order valence-electron chi connectivity index (χ2n) is 7.11. The number of para-hydroxylation sites is 2. The van der Waals surface area contributed by atoms with Crippen LogP contribution in [0, 0.1) is 0 Å². The number of fused-ring (bicyclic) bond motifs is 4. The first-order valence-electron chi connectivity index (χ1n) is 9.53. The van der Waals surface area contributed by atoms with Gasteiger partial charge in [-0.25, -0.2) is 15.0 Å². The average molecular weight is 383 g/mol. The highest BCUT2D eigenvalue weighted by Gasteiger charge is 2.23. The summed E-state index contributed by atoms with van der Waals surface area (Å²) in [5.74, 6) is 1.64. The molecule has 0 saturated carbocycles. The summed E-state index contributed by atoms with van der Waals surface area (Å²) in [5, 5.41) is 1.19. The van der Waals surface area contributed by atoms with Gasteiger partial charge in [0.25, 0.3) is 0 Å². The second kappa shape index (κ2) is 6.21. The number of pyridine rings is 1. The highest BCUT2D eigenvalue weighted by molar-refractivity contribution is 7.19. The monoisotopic (exact) mass is 383 g/mol. The van der Waals surface area contributed by atoms with Crippen LogP contribution < -0.4 is 0 Å². The standard InChI is InChI=1S/C22H17N5S/c1-4-10-18-15(7-1)19-21(27-13-24-16-8-2-3-9-17(16)27)25-20(26-22(19)28-18)14-6-5-11-23-12-14/h2-3,5-6,8-9,11-13H,1,4,7,10H2. The Balaban J connectivity index is 1.70. The Hall–Kier alpha value is -3.12. The van der Waals surface area contributed by atoms with Crippen LogP contribution in [0.15, 0.2) is 55.1 Å². The van der Waals surface area contributed by atoms with Crippen LogP contribution in [0.3, 0.4) is 0 Å². The summed E-state index contributed by atoms with van der Waals surface area (Å²) in [4.78, 5) is 21.3. The maximum Gasteiger partial charge on any atom is 0.164 e. The first kappa shape index (κ1) is 15.9. The van der Waals surface area contributed by atoms with Crippen molar-refractivity contribution >= 4 is 32.6 Å². The Kier molecular flexibility index (Phi) is 3.52. The van der Waals surface area contributed by atoms with Crippen molar-refractivity contribution in [2.24, 2.45) is 0 Å². The van der Waals surface area contributed by atoms with Crippen LogP contribution in [-0.4, -0.2) is 24.5 Å². The lowest BCUT2D eigenvalue weighted by atomic mass is 9.97. The Morgan fingerprint density at radius 1 is 0.964 bits per heavy atom.